The van der Waals surface area contributed by atoms with Gasteiger partial charge in [-0.25, -0.2) is 0 Å². The first-order chi connectivity index (χ1) is 11.7. The number of aliphatic hydroxyl groups excluding tert-OH is 1. The average molecular weight is 356 g/mol. The minimum atomic E-state index is -2.95. The van der Waals surface area contributed by atoms with Gasteiger partial charge in [0, 0.05) is 5.56 Å². The topological polar surface area (TPSA) is 47.9 Å². The van der Waals surface area contributed by atoms with Crippen LogP contribution in [0.3, 0.4) is 0 Å². The lowest BCUT2D eigenvalue weighted by Crippen LogP contribution is -2.52. The summed E-state index contributed by atoms with van der Waals surface area (Å²) in [5.41, 5.74) is 0.102. The number of hydrogen-bond donors (Lipinski definition) is 1. The van der Waals surface area contributed by atoms with Crippen LogP contribution in [0.5, 0.6) is 11.5 Å². The molecule has 0 aromatic heterocycles. The van der Waals surface area contributed by atoms with Crippen molar-refractivity contribution in [1.82, 2.24) is 0 Å². The van der Waals surface area contributed by atoms with Gasteiger partial charge in [-0.2, -0.15) is 8.78 Å². The SMILES string of the molecule is COc1cccc([C@@H]2OC(C)(C)[C@H]3C[C@H]2[C@H](C)[C@@H](O)C3)c1OC(F)F. The number of hydrogen-bond acceptors (Lipinski definition) is 4. The molecule has 2 fully saturated rings. The molecule has 1 aromatic rings. The lowest BCUT2D eigenvalue weighted by molar-refractivity contribution is -0.216. The Morgan fingerprint density at radius 1 is 1.28 bits per heavy atom. The monoisotopic (exact) mass is 356 g/mol. The molecule has 25 heavy (non-hydrogen) atoms. The van der Waals surface area contributed by atoms with Crippen molar-refractivity contribution in [3.05, 3.63) is 23.8 Å². The van der Waals surface area contributed by atoms with Crippen LogP contribution in [-0.4, -0.2) is 30.5 Å². The summed E-state index contributed by atoms with van der Waals surface area (Å²) in [6.45, 7) is 3.04. The number of halogens is 2. The molecule has 0 amide bonds. The first-order valence-corrected chi connectivity index (χ1v) is 8.72. The van der Waals surface area contributed by atoms with E-state index in [0.717, 1.165) is 6.42 Å². The molecule has 3 rings (SSSR count). The number of alkyl halides is 2. The third-order valence-electron chi connectivity index (χ3n) is 5.91. The summed E-state index contributed by atoms with van der Waals surface area (Å²) in [5, 5.41) is 10.5. The molecular formula is C19H26F2O4. The van der Waals surface area contributed by atoms with Gasteiger partial charge in [0.2, 0.25) is 0 Å². The maximum atomic E-state index is 13.0. The van der Waals surface area contributed by atoms with Crippen molar-refractivity contribution in [3.8, 4) is 11.5 Å². The molecule has 1 aliphatic heterocycles. The number of para-hydroxylation sites is 1. The molecule has 1 saturated carbocycles. The standard InChI is InChI=1S/C19H26F2O4/c1-10-13-8-11(9-14(10)22)19(2,3)25-16(13)12-6-5-7-15(23-4)17(12)24-18(20)21/h5-7,10-11,13-14,16,18,22H,8-9H2,1-4H3/t10-,11-,13-,14-,16-/m0/s1. The zero-order chi connectivity index (χ0) is 18.4. The molecule has 1 N–H and O–H groups in total. The third kappa shape index (κ3) is 3.34. The van der Waals surface area contributed by atoms with Gasteiger partial charge in [0.05, 0.1) is 24.9 Å². The summed E-state index contributed by atoms with van der Waals surface area (Å²) in [5.74, 6) is 0.568. The van der Waals surface area contributed by atoms with E-state index in [-0.39, 0.29) is 29.3 Å². The minimum absolute atomic E-state index is 0.0166. The molecule has 1 aliphatic carbocycles. The van der Waals surface area contributed by atoms with Gasteiger partial charge in [-0.1, -0.05) is 19.1 Å². The molecule has 2 aliphatic rings. The Morgan fingerprint density at radius 2 is 2.00 bits per heavy atom. The number of fused-ring (bicyclic) bond motifs is 2. The van der Waals surface area contributed by atoms with Crippen LogP contribution in [0, 0.1) is 17.8 Å². The van der Waals surface area contributed by atoms with Crippen molar-refractivity contribution in [2.24, 2.45) is 17.8 Å². The smallest absolute Gasteiger partial charge is 0.387 e. The second-order valence-electron chi connectivity index (χ2n) is 7.66. The summed E-state index contributed by atoms with van der Waals surface area (Å²) in [6, 6.07) is 5.09. The Kier molecular flexibility index (Phi) is 4.95. The van der Waals surface area contributed by atoms with Crippen molar-refractivity contribution in [2.75, 3.05) is 7.11 Å². The highest BCUT2D eigenvalue weighted by molar-refractivity contribution is 5.48. The number of ether oxygens (including phenoxy) is 3. The molecule has 2 bridgehead atoms. The van der Waals surface area contributed by atoms with Gasteiger partial charge in [-0.15, -0.1) is 0 Å². The van der Waals surface area contributed by atoms with Gasteiger partial charge >= 0.3 is 6.61 Å². The fourth-order valence-corrected chi connectivity index (χ4v) is 4.34. The van der Waals surface area contributed by atoms with Crippen LogP contribution < -0.4 is 9.47 Å². The van der Waals surface area contributed by atoms with Crippen LogP contribution in [0.25, 0.3) is 0 Å². The average Bonchev–Trinajstić information content (AvgIpc) is 2.54. The summed E-state index contributed by atoms with van der Waals surface area (Å²) in [6.07, 6.45) is 0.747. The molecule has 0 unspecified atom stereocenters. The van der Waals surface area contributed by atoms with Crippen LogP contribution in [0.4, 0.5) is 8.78 Å². The predicted octanol–water partition coefficient (Wildman–Crippen LogP) is 4.17. The van der Waals surface area contributed by atoms with Crippen molar-refractivity contribution < 1.29 is 28.1 Å². The van der Waals surface area contributed by atoms with Gasteiger partial charge < -0.3 is 19.3 Å². The summed E-state index contributed by atoms with van der Waals surface area (Å²) < 4.78 is 42.3. The van der Waals surface area contributed by atoms with Gasteiger partial charge in [0.25, 0.3) is 0 Å². The Bertz CT molecular complexity index is 619. The zero-order valence-corrected chi connectivity index (χ0v) is 15.0. The van der Waals surface area contributed by atoms with E-state index in [1.54, 1.807) is 18.2 Å². The minimum Gasteiger partial charge on any atom is -0.493 e. The van der Waals surface area contributed by atoms with Gasteiger partial charge in [0.15, 0.2) is 11.5 Å². The van der Waals surface area contributed by atoms with E-state index in [1.807, 2.05) is 20.8 Å². The fourth-order valence-electron chi connectivity index (χ4n) is 4.34. The number of rotatable bonds is 4. The lowest BCUT2D eigenvalue weighted by atomic mass is 9.63. The molecule has 140 valence electrons. The van der Waals surface area contributed by atoms with Crippen LogP contribution in [-0.2, 0) is 4.74 Å². The Hall–Kier alpha value is -1.40. The lowest BCUT2D eigenvalue weighted by Gasteiger charge is -2.53. The van der Waals surface area contributed by atoms with E-state index in [4.69, 9.17) is 14.2 Å². The van der Waals surface area contributed by atoms with Crippen molar-refractivity contribution in [3.63, 3.8) is 0 Å². The van der Waals surface area contributed by atoms with Gasteiger partial charge in [0.1, 0.15) is 0 Å². The van der Waals surface area contributed by atoms with E-state index in [2.05, 4.69) is 0 Å². The van der Waals surface area contributed by atoms with E-state index >= 15 is 0 Å². The van der Waals surface area contributed by atoms with Crippen LogP contribution in [0.2, 0.25) is 0 Å². The predicted molar refractivity (Wildman–Crippen MR) is 88.9 cm³/mol. The fraction of sp³-hybridized carbons (Fsp3) is 0.684. The Balaban J connectivity index is 2.05. The zero-order valence-electron chi connectivity index (χ0n) is 15.0. The van der Waals surface area contributed by atoms with Crippen molar-refractivity contribution >= 4 is 0 Å². The van der Waals surface area contributed by atoms with E-state index in [9.17, 15) is 13.9 Å². The van der Waals surface area contributed by atoms with E-state index < -0.39 is 24.4 Å². The Morgan fingerprint density at radius 3 is 2.64 bits per heavy atom. The van der Waals surface area contributed by atoms with Crippen LogP contribution >= 0.6 is 0 Å². The highest BCUT2D eigenvalue weighted by Gasteiger charge is 2.51. The highest BCUT2D eigenvalue weighted by atomic mass is 19.3. The summed E-state index contributed by atoms with van der Waals surface area (Å²) >= 11 is 0. The maximum absolute atomic E-state index is 13.0. The first-order valence-electron chi connectivity index (χ1n) is 8.72. The highest BCUT2D eigenvalue weighted by Crippen LogP contribution is 2.55. The number of aliphatic hydroxyl groups is 1. The second kappa shape index (κ2) is 6.72. The number of benzene rings is 1. The summed E-state index contributed by atoms with van der Waals surface area (Å²) in [4.78, 5) is 0. The number of methoxy groups -OCH3 is 1. The maximum Gasteiger partial charge on any atom is 0.387 e. The van der Waals surface area contributed by atoms with Crippen LogP contribution in [0.15, 0.2) is 18.2 Å². The molecule has 6 heteroatoms. The molecule has 5 atom stereocenters. The largest absolute Gasteiger partial charge is 0.493 e. The van der Waals surface area contributed by atoms with Crippen molar-refractivity contribution in [2.45, 2.75) is 58.0 Å². The van der Waals surface area contributed by atoms with Crippen molar-refractivity contribution in [1.29, 1.82) is 0 Å². The first kappa shape index (κ1) is 18.4. The Labute approximate surface area is 147 Å². The second-order valence-corrected chi connectivity index (χ2v) is 7.66. The molecule has 1 heterocycles. The molecular weight excluding hydrogens is 330 g/mol. The van der Waals surface area contributed by atoms with Crippen LogP contribution in [0.1, 0.15) is 45.3 Å². The van der Waals surface area contributed by atoms with E-state index in [0.29, 0.717) is 12.0 Å². The summed E-state index contributed by atoms with van der Waals surface area (Å²) in [7, 11) is 1.42. The molecule has 1 aromatic carbocycles. The molecule has 0 spiro atoms. The molecule has 0 radical (unpaired) electrons. The van der Waals surface area contributed by atoms with E-state index in [1.165, 1.54) is 7.11 Å². The van der Waals surface area contributed by atoms with Gasteiger partial charge in [-0.05, 0) is 50.5 Å². The molecule has 1 saturated heterocycles. The quantitative estimate of drug-likeness (QED) is 0.880. The molecule has 4 nitrogen and oxygen atoms in total. The third-order valence-corrected chi connectivity index (χ3v) is 5.91. The van der Waals surface area contributed by atoms with Gasteiger partial charge in [-0.3, -0.25) is 0 Å². The normalized spacial score (nSPS) is 34.0.